The van der Waals surface area contributed by atoms with Gasteiger partial charge >= 0.3 is 0 Å². The number of aliphatic hydroxyl groups excluding tert-OH is 1. The number of hydrogen-bond donors (Lipinski definition) is 2. The molecule has 0 aliphatic rings. The zero-order chi connectivity index (χ0) is 11.9. The Morgan fingerprint density at radius 1 is 1.31 bits per heavy atom. The Balaban J connectivity index is 2.39. The average molecular weight is 222 g/mol. The van der Waals surface area contributed by atoms with Gasteiger partial charge in [-0.25, -0.2) is 0 Å². The molecule has 3 nitrogen and oxygen atoms in total. The second kappa shape index (κ2) is 6.61. The van der Waals surface area contributed by atoms with E-state index < -0.39 is 0 Å². The number of pyridine rings is 1. The molecule has 0 saturated carbocycles. The molecule has 0 aliphatic carbocycles. The van der Waals surface area contributed by atoms with Crippen LogP contribution in [0, 0.1) is 5.41 Å². The van der Waals surface area contributed by atoms with Gasteiger partial charge in [-0.05, 0) is 25.0 Å². The minimum atomic E-state index is 0.0226. The molecular formula is C13H22N2O. The van der Waals surface area contributed by atoms with Crippen LogP contribution in [0.1, 0.15) is 32.4 Å². The molecule has 1 rings (SSSR count). The van der Waals surface area contributed by atoms with Gasteiger partial charge < -0.3 is 10.4 Å². The van der Waals surface area contributed by atoms with Crippen LogP contribution in [0.15, 0.2) is 24.4 Å². The number of aromatic nitrogens is 1. The van der Waals surface area contributed by atoms with E-state index in [0.29, 0.717) is 0 Å². The first-order chi connectivity index (χ1) is 7.76. The van der Waals surface area contributed by atoms with Gasteiger partial charge in [0.05, 0.1) is 5.69 Å². The molecular weight excluding hydrogens is 200 g/mol. The summed E-state index contributed by atoms with van der Waals surface area (Å²) in [6.45, 7) is 6.11. The Kier molecular flexibility index (Phi) is 5.43. The molecule has 16 heavy (non-hydrogen) atoms. The highest BCUT2D eigenvalue weighted by Crippen LogP contribution is 2.24. The lowest BCUT2D eigenvalue weighted by Gasteiger charge is -2.29. The highest BCUT2D eigenvalue weighted by molar-refractivity contribution is 5.03. The van der Waals surface area contributed by atoms with Gasteiger partial charge in [0.15, 0.2) is 0 Å². The highest BCUT2D eigenvalue weighted by Gasteiger charge is 2.24. The molecule has 90 valence electrons. The van der Waals surface area contributed by atoms with E-state index in [-0.39, 0.29) is 12.0 Å². The van der Waals surface area contributed by atoms with Crippen molar-refractivity contribution >= 4 is 0 Å². The van der Waals surface area contributed by atoms with Gasteiger partial charge in [0.25, 0.3) is 0 Å². The van der Waals surface area contributed by atoms with E-state index in [2.05, 4.69) is 24.1 Å². The van der Waals surface area contributed by atoms with Crippen LogP contribution in [0.4, 0.5) is 0 Å². The molecule has 1 heterocycles. The van der Waals surface area contributed by atoms with E-state index in [9.17, 15) is 5.11 Å². The fraction of sp³-hybridized carbons (Fsp3) is 0.615. The lowest BCUT2D eigenvalue weighted by molar-refractivity contribution is 0.113. The van der Waals surface area contributed by atoms with Crippen molar-refractivity contribution in [2.24, 2.45) is 5.41 Å². The Bertz CT molecular complexity index is 275. The normalized spacial score (nSPS) is 11.7. The highest BCUT2D eigenvalue weighted by atomic mass is 16.3. The van der Waals surface area contributed by atoms with E-state index in [1.807, 2.05) is 18.2 Å². The Labute approximate surface area is 97.9 Å². The molecule has 0 bridgehead atoms. The summed E-state index contributed by atoms with van der Waals surface area (Å²) < 4.78 is 0. The molecule has 1 aromatic heterocycles. The van der Waals surface area contributed by atoms with Crippen LogP contribution in [-0.4, -0.2) is 23.2 Å². The van der Waals surface area contributed by atoms with Crippen LogP contribution in [0.25, 0.3) is 0 Å². The SMILES string of the molecule is CCC(CC)(CO)CNCc1ccccn1. The zero-order valence-electron chi connectivity index (χ0n) is 10.2. The van der Waals surface area contributed by atoms with Crippen molar-refractivity contribution in [3.8, 4) is 0 Å². The third-order valence-electron chi connectivity index (χ3n) is 3.37. The Hall–Kier alpha value is -0.930. The maximum absolute atomic E-state index is 9.42. The number of aliphatic hydroxyl groups is 1. The van der Waals surface area contributed by atoms with Gasteiger partial charge in [0.2, 0.25) is 0 Å². The van der Waals surface area contributed by atoms with Gasteiger partial charge in [0, 0.05) is 31.3 Å². The molecule has 1 aromatic rings. The van der Waals surface area contributed by atoms with Crippen LogP contribution < -0.4 is 5.32 Å². The molecule has 0 spiro atoms. The molecule has 0 unspecified atom stereocenters. The van der Waals surface area contributed by atoms with Crippen molar-refractivity contribution in [3.63, 3.8) is 0 Å². The van der Waals surface area contributed by atoms with Crippen LogP contribution in [0.5, 0.6) is 0 Å². The summed E-state index contributed by atoms with van der Waals surface area (Å²) in [5.74, 6) is 0. The van der Waals surface area contributed by atoms with E-state index in [1.54, 1.807) is 6.20 Å². The van der Waals surface area contributed by atoms with Crippen LogP contribution >= 0.6 is 0 Å². The van der Waals surface area contributed by atoms with Crippen molar-refractivity contribution < 1.29 is 5.11 Å². The number of hydrogen-bond acceptors (Lipinski definition) is 3. The summed E-state index contributed by atoms with van der Waals surface area (Å²) in [5.41, 5.74) is 1.07. The largest absolute Gasteiger partial charge is 0.396 e. The van der Waals surface area contributed by atoms with Crippen molar-refractivity contribution in [2.75, 3.05) is 13.2 Å². The second-order valence-corrected chi connectivity index (χ2v) is 4.29. The van der Waals surface area contributed by atoms with Crippen LogP contribution in [0.2, 0.25) is 0 Å². The summed E-state index contributed by atoms with van der Waals surface area (Å²) in [4.78, 5) is 4.25. The van der Waals surface area contributed by atoms with E-state index in [0.717, 1.165) is 31.6 Å². The molecule has 0 aromatic carbocycles. The molecule has 0 fully saturated rings. The first-order valence-electron chi connectivity index (χ1n) is 5.98. The molecule has 0 atom stereocenters. The van der Waals surface area contributed by atoms with Crippen molar-refractivity contribution in [1.82, 2.24) is 10.3 Å². The quantitative estimate of drug-likeness (QED) is 0.741. The van der Waals surface area contributed by atoms with E-state index in [4.69, 9.17) is 0 Å². The zero-order valence-corrected chi connectivity index (χ0v) is 10.2. The Morgan fingerprint density at radius 3 is 2.56 bits per heavy atom. The topological polar surface area (TPSA) is 45.1 Å². The number of rotatable bonds is 7. The first-order valence-corrected chi connectivity index (χ1v) is 5.98. The minimum Gasteiger partial charge on any atom is -0.396 e. The summed E-state index contributed by atoms with van der Waals surface area (Å²) in [5, 5.41) is 12.8. The molecule has 0 radical (unpaired) electrons. The maximum Gasteiger partial charge on any atom is 0.0541 e. The fourth-order valence-corrected chi connectivity index (χ4v) is 1.74. The lowest BCUT2D eigenvalue weighted by Crippen LogP contribution is -2.36. The summed E-state index contributed by atoms with van der Waals surface area (Å²) in [7, 11) is 0. The third-order valence-corrected chi connectivity index (χ3v) is 3.37. The van der Waals surface area contributed by atoms with Gasteiger partial charge in [-0.3, -0.25) is 4.98 Å². The number of nitrogens with zero attached hydrogens (tertiary/aromatic N) is 1. The van der Waals surface area contributed by atoms with Gasteiger partial charge in [0.1, 0.15) is 0 Å². The molecule has 3 heteroatoms. The molecule has 0 saturated heterocycles. The molecule has 0 amide bonds. The van der Waals surface area contributed by atoms with Crippen molar-refractivity contribution in [2.45, 2.75) is 33.2 Å². The predicted molar refractivity (Wildman–Crippen MR) is 66.0 cm³/mol. The Morgan fingerprint density at radius 2 is 2.06 bits per heavy atom. The fourth-order valence-electron chi connectivity index (χ4n) is 1.74. The smallest absolute Gasteiger partial charge is 0.0541 e. The maximum atomic E-state index is 9.42. The van der Waals surface area contributed by atoms with Crippen LogP contribution in [0.3, 0.4) is 0 Å². The number of nitrogens with one attached hydrogen (secondary N) is 1. The van der Waals surface area contributed by atoms with Gasteiger partial charge in [-0.1, -0.05) is 19.9 Å². The van der Waals surface area contributed by atoms with Gasteiger partial charge in [-0.2, -0.15) is 0 Å². The van der Waals surface area contributed by atoms with E-state index >= 15 is 0 Å². The molecule has 2 N–H and O–H groups in total. The van der Waals surface area contributed by atoms with Gasteiger partial charge in [-0.15, -0.1) is 0 Å². The summed E-state index contributed by atoms with van der Waals surface area (Å²) in [6, 6.07) is 5.91. The summed E-state index contributed by atoms with van der Waals surface area (Å²) >= 11 is 0. The third kappa shape index (κ3) is 3.58. The van der Waals surface area contributed by atoms with Crippen molar-refractivity contribution in [3.05, 3.63) is 30.1 Å². The standard InChI is InChI=1S/C13H22N2O/c1-3-13(4-2,11-16)10-14-9-12-7-5-6-8-15-12/h5-8,14,16H,3-4,9-11H2,1-2H3. The molecule has 0 aliphatic heterocycles. The second-order valence-electron chi connectivity index (χ2n) is 4.29. The minimum absolute atomic E-state index is 0.0226. The monoisotopic (exact) mass is 222 g/mol. The first kappa shape index (κ1) is 13.1. The van der Waals surface area contributed by atoms with E-state index in [1.165, 1.54) is 0 Å². The predicted octanol–water partition coefficient (Wildman–Crippen LogP) is 1.97. The van der Waals surface area contributed by atoms with Crippen LogP contribution in [-0.2, 0) is 6.54 Å². The average Bonchev–Trinajstić information content (AvgIpc) is 2.37. The van der Waals surface area contributed by atoms with Crippen molar-refractivity contribution in [1.29, 1.82) is 0 Å². The lowest BCUT2D eigenvalue weighted by atomic mass is 9.83. The summed E-state index contributed by atoms with van der Waals surface area (Å²) in [6.07, 6.45) is 3.79.